The highest BCUT2D eigenvalue weighted by atomic mass is 16.5. The van der Waals surface area contributed by atoms with Crippen molar-refractivity contribution in [3.8, 4) is 11.4 Å². The number of carbonyl (C=O) groups excluding carboxylic acids is 2. The molecule has 0 spiro atoms. The van der Waals surface area contributed by atoms with Gasteiger partial charge in [-0.1, -0.05) is 32.9 Å². The van der Waals surface area contributed by atoms with Crippen LogP contribution in [-0.4, -0.2) is 45.9 Å². The number of hydrogen-bond donors (Lipinski definition) is 1. The topological polar surface area (TPSA) is 75.3 Å². The second-order valence-electron chi connectivity index (χ2n) is 9.12. The summed E-state index contributed by atoms with van der Waals surface area (Å²) in [4.78, 5) is 34.3. The minimum absolute atomic E-state index is 0.0948. The van der Waals surface area contributed by atoms with Gasteiger partial charge < -0.3 is 14.6 Å². The molecule has 2 aromatic rings. The lowest BCUT2D eigenvalue weighted by Gasteiger charge is -2.40. The van der Waals surface area contributed by atoms with Crippen LogP contribution in [0.4, 0.5) is 0 Å². The molecule has 2 aliphatic rings. The fraction of sp³-hybridized carbons (Fsp3) is 0.500. The van der Waals surface area contributed by atoms with Crippen molar-refractivity contribution < 1.29 is 14.3 Å². The number of piperidine rings is 1. The molecule has 1 aliphatic heterocycles. The van der Waals surface area contributed by atoms with E-state index in [-0.39, 0.29) is 24.0 Å². The highest BCUT2D eigenvalue weighted by molar-refractivity contribution is 5.91. The van der Waals surface area contributed by atoms with Crippen LogP contribution in [0.1, 0.15) is 50.4 Å². The lowest BCUT2D eigenvalue weighted by molar-refractivity contribution is -0.140. The van der Waals surface area contributed by atoms with Crippen molar-refractivity contribution in [2.24, 2.45) is 10.8 Å². The van der Waals surface area contributed by atoms with Gasteiger partial charge in [-0.05, 0) is 42.2 Å². The minimum Gasteiger partial charge on any atom is -0.452 e. The molecule has 1 aliphatic carbocycles. The van der Waals surface area contributed by atoms with E-state index in [0.717, 1.165) is 37.2 Å². The predicted molar refractivity (Wildman–Crippen MR) is 106 cm³/mol. The molecule has 1 saturated carbocycles. The Balaban J connectivity index is 1.36. The van der Waals surface area contributed by atoms with E-state index in [9.17, 15) is 9.59 Å². The van der Waals surface area contributed by atoms with Crippen LogP contribution in [0.15, 0.2) is 36.7 Å². The van der Waals surface area contributed by atoms with Crippen LogP contribution in [0, 0.1) is 10.8 Å². The van der Waals surface area contributed by atoms with Gasteiger partial charge in [0.1, 0.15) is 5.82 Å². The second-order valence-corrected chi connectivity index (χ2v) is 9.12. The first-order chi connectivity index (χ1) is 13.3. The number of fused-ring (bicyclic) bond motifs is 2. The Kier molecular flexibility index (Phi) is 4.52. The zero-order valence-electron chi connectivity index (χ0n) is 16.7. The first-order valence-electron chi connectivity index (χ1n) is 9.84. The SMILES string of the molecule is CC12CCN(C(=O)COC(=O)c3ccc(-c4ncc[nH]4)cc3)C(C1)C(C)(C)C2. The number of rotatable bonds is 4. The number of aromatic amines is 1. The Hall–Kier alpha value is -2.63. The van der Waals surface area contributed by atoms with E-state index < -0.39 is 5.97 Å². The average Bonchev–Trinajstić information content (AvgIpc) is 3.25. The monoisotopic (exact) mass is 381 g/mol. The van der Waals surface area contributed by atoms with Gasteiger partial charge in [-0.15, -0.1) is 0 Å². The largest absolute Gasteiger partial charge is 0.452 e. The van der Waals surface area contributed by atoms with Crippen LogP contribution in [-0.2, 0) is 9.53 Å². The molecule has 1 aromatic carbocycles. The molecule has 2 fully saturated rings. The molecule has 2 atom stereocenters. The van der Waals surface area contributed by atoms with Gasteiger partial charge >= 0.3 is 5.97 Å². The highest BCUT2D eigenvalue weighted by Gasteiger charge is 2.53. The summed E-state index contributed by atoms with van der Waals surface area (Å²) in [5.74, 6) is 0.167. The summed E-state index contributed by atoms with van der Waals surface area (Å²) >= 11 is 0. The van der Waals surface area contributed by atoms with Crippen molar-refractivity contribution in [3.05, 3.63) is 42.2 Å². The second kappa shape index (κ2) is 6.76. The molecule has 2 heterocycles. The van der Waals surface area contributed by atoms with Gasteiger partial charge in [0.25, 0.3) is 5.91 Å². The van der Waals surface area contributed by atoms with Crippen molar-refractivity contribution >= 4 is 11.9 Å². The fourth-order valence-electron chi connectivity index (χ4n) is 5.08. The number of carbonyl (C=O) groups is 2. The van der Waals surface area contributed by atoms with Gasteiger partial charge in [0.05, 0.1) is 5.56 Å². The Morgan fingerprint density at radius 3 is 2.68 bits per heavy atom. The third-order valence-electron chi connectivity index (χ3n) is 6.34. The lowest BCUT2D eigenvalue weighted by Crippen LogP contribution is -2.49. The molecule has 148 valence electrons. The maximum absolute atomic E-state index is 12.8. The predicted octanol–water partition coefficient (Wildman–Crippen LogP) is 3.66. The first kappa shape index (κ1) is 18.7. The molecule has 4 rings (SSSR count). The number of ether oxygens (including phenoxy) is 1. The van der Waals surface area contributed by atoms with E-state index in [0.29, 0.717) is 11.0 Å². The number of benzene rings is 1. The normalized spacial score (nSPS) is 25.5. The smallest absolute Gasteiger partial charge is 0.338 e. The van der Waals surface area contributed by atoms with Gasteiger partial charge in [0, 0.05) is 30.5 Å². The van der Waals surface area contributed by atoms with Crippen LogP contribution in [0.25, 0.3) is 11.4 Å². The van der Waals surface area contributed by atoms with Gasteiger partial charge in [0.15, 0.2) is 6.61 Å². The summed E-state index contributed by atoms with van der Waals surface area (Å²) in [6, 6.07) is 7.23. The summed E-state index contributed by atoms with van der Waals surface area (Å²) in [6.07, 6.45) is 6.61. The number of aromatic nitrogens is 2. The highest BCUT2D eigenvalue weighted by Crippen LogP contribution is 2.55. The molecule has 28 heavy (non-hydrogen) atoms. The minimum atomic E-state index is -0.480. The summed E-state index contributed by atoms with van der Waals surface area (Å²) in [6.45, 7) is 7.34. The van der Waals surface area contributed by atoms with Crippen LogP contribution in [0.5, 0.6) is 0 Å². The van der Waals surface area contributed by atoms with Gasteiger partial charge in [-0.2, -0.15) is 0 Å². The maximum Gasteiger partial charge on any atom is 0.338 e. The molecule has 1 amide bonds. The Morgan fingerprint density at radius 1 is 1.25 bits per heavy atom. The Labute approximate surface area is 165 Å². The Bertz CT molecular complexity index is 873. The number of nitrogens with zero attached hydrogens (tertiary/aromatic N) is 2. The van der Waals surface area contributed by atoms with E-state index in [2.05, 4.69) is 30.7 Å². The van der Waals surface area contributed by atoms with E-state index in [4.69, 9.17) is 4.74 Å². The summed E-state index contributed by atoms with van der Waals surface area (Å²) < 4.78 is 5.32. The zero-order valence-corrected chi connectivity index (χ0v) is 16.7. The number of imidazole rings is 1. The molecular formula is C22H27N3O3. The summed E-state index contributed by atoms with van der Waals surface area (Å²) in [7, 11) is 0. The van der Waals surface area contributed by atoms with Gasteiger partial charge in [-0.3, -0.25) is 4.79 Å². The summed E-state index contributed by atoms with van der Waals surface area (Å²) in [5, 5.41) is 0. The average molecular weight is 381 g/mol. The number of nitrogens with one attached hydrogen (secondary N) is 1. The lowest BCUT2D eigenvalue weighted by atomic mass is 9.81. The number of esters is 1. The molecule has 6 heteroatoms. The Morgan fingerprint density at radius 2 is 2.00 bits per heavy atom. The quantitative estimate of drug-likeness (QED) is 0.820. The van der Waals surface area contributed by atoms with Crippen molar-refractivity contribution in [2.75, 3.05) is 13.2 Å². The maximum atomic E-state index is 12.8. The third kappa shape index (κ3) is 3.43. The number of hydrogen-bond acceptors (Lipinski definition) is 4. The molecule has 1 N–H and O–H groups in total. The van der Waals surface area contributed by atoms with Crippen LogP contribution >= 0.6 is 0 Å². The van der Waals surface area contributed by atoms with E-state index >= 15 is 0 Å². The van der Waals surface area contributed by atoms with E-state index in [1.54, 1.807) is 24.5 Å². The van der Waals surface area contributed by atoms with Crippen molar-refractivity contribution in [2.45, 2.75) is 46.1 Å². The molecule has 1 saturated heterocycles. The van der Waals surface area contributed by atoms with E-state index in [1.807, 2.05) is 17.0 Å². The first-order valence-corrected chi connectivity index (χ1v) is 9.84. The van der Waals surface area contributed by atoms with E-state index in [1.165, 1.54) is 0 Å². The van der Waals surface area contributed by atoms with Gasteiger partial charge in [-0.25, -0.2) is 9.78 Å². The van der Waals surface area contributed by atoms with Crippen molar-refractivity contribution in [3.63, 3.8) is 0 Å². The molecule has 0 radical (unpaired) electrons. The molecule has 2 bridgehead atoms. The van der Waals surface area contributed by atoms with Crippen molar-refractivity contribution in [1.82, 2.24) is 14.9 Å². The van der Waals surface area contributed by atoms with Crippen molar-refractivity contribution in [1.29, 1.82) is 0 Å². The fourth-order valence-corrected chi connectivity index (χ4v) is 5.08. The van der Waals surface area contributed by atoms with Crippen LogP contribution < -0.4 is 0 Å². The standard InChI is InChI=1S/C22H27N3O3/c1-21(2)14-22(3)8-11-25(17(21)12-22)18(26)13-28-20(27)16-6-4-15(5-7-16)19-23-9-10-24-19/h4-7,9-10,17H,8,11-14H2,1-3H3,(H,23,24). The molecular weight excluding hydrogens is 354 g/mol. The summed E-state index contributed by atoms with van der Waals surface area (Å²) in [5.41, 5.74) is 1.75. The molecule has 6 nitrogen and oxygen atoms in total. The van der Waals surface area contributed by atoms with Gasteiger partial charge in [0.2, 0.25) is 0 Å². The number of amides is 1. The molecule has 1 aromatic heterocycles. The molecule has 2 unspecified atom stereocenters. The number of likely N-dealkylation sites (tertiary alicyclic amines) is 1. The van der Waals surface area contributed by atoms with Crippen LogP contribution in [0.3, 0.4) is 0 Å². The number of H-pyrrole nitrogens is 1. The van der Waals surface area contributed by atoms with Crippen LogP contribution in [0.2, 0.25) is 0 Å². The zero-order chi connectivity index (χ0) is 19.9. The third-order valence-corrected chi connectivity index (χ3v) is 6.34.